The second-order valence-corrected chi connectivity index (χ2v) is 4.19. The average molecular weight is 196 g/mol. The van der Waals surface area contributed by atoms with Gasteiger partial charge in [-0.05, 0) is 0 Å². The fourth-order valence-corrected chi connectivity index (χ4v) is 1.95. The standard InChI is InChI=1S/C8H11BNO2S/c1-2-10-13(11,12)9-8-6-4-3-5-7-8/h3-7,10H,2H2,1H3. The zero-order chi connectivity index (χ0) is 9.73. The minimum Gasteiger partial charge on any atom is -0.226 e. The molecule has 0 atom stereocenters. The Balaban J connectivity index is 2.70. The van der Waals surface area contributed by atoms with E-state index in [1.54, 1.807) is 31.2 Å². The van der Waals surface area contributed by atoms with E-state index in [2.05, 4.69) is 4.72 Å². The van der Waals surface area contributed by atoms with Crippen molar-refractivity contribution in [3.8, 4) is 0 Å². The molecule has 5 heteroatoms. The summed E-state index contributed by atoms with van der Waals surface area (Å²) in [6.07, 6.45) is 0. The van der Waals surface area contributed by atoms with Crippen LogP contribution in [0.3, 0.4) is 0 Å². The molecule has 0 aliphatic heterocycles. The maximum absolute atomic E-state index is 11.2. The Hall–Kier alpha value is -0.805. The summed E-state index contributed by atoms with van der Waals surface area (Å²) in [7, 11) is -3.26. The second kappa shape index (κ2) is 4.44. The summed E-state index contributed by atoms with van der Waals surface area (Å²) < 4.78 is 24.9. The van der Waals surface area contributed by atoms with E-state index in [4.69, 9.17) is 0 Å². The molecule has 0 heterocycles. The average Bonchev–Trinajstić information content (AvgIpc) is 2.04. The van der Waals surface area contributed by atoms with Crippen molar-refractivity contribution in [2.75, 3.05) is 6.54 Å². The molecule has 0 saturated carbocycles. The van der Waals surface area contributed by atoms with Crippen molar-refractivity contribution in [3.63, 3.8) is 0 Å². The Labute approximate surface area is 79.4 Å². The van der Waals surface area contributed by atoms with Gasteiger partial charge in [-0.25, -0.2) is 13.1 Å². The number of hydrogen-bond acceptors (Lipinski definition) is 2. The normalized spacial score (nSPS) is 11.2. The van der Waals surface area contributed by atoms with E-state index in [9.17, 15) is 8.42 Å². The van der Waals surface area contributed by atoms with E-state index in [0.717, 1.165) is 0 Å². The molecular formula is C8H11BNO2S. The Kier molecular flexibility index (Phi) is 3.51. The molecule has 69 valence electrons. The predicted octanol–water partition coefficient (Wildman–Crippen LogP) is -0.130. The first-order valence-corrected chi connectivity index (χ1v) is 5.58. The fraction of sp³-hybridized carbons (Fsp3) is 0.250. The van der Waals surface area contributed by atoms with Gasteiger partial charge in [-0.15, -0.1) is 0 Å². The molecule has 0 aromatic heterocycles. The molecule has 0 saturated heterocycles. The third kappa shape index (κ3) is 3.61. The second-order valence-electron chi connectivity index (χ2n) is 2.57. The Bertz CT molecular complexity index is 350. The number of benzene rings is 1. The maximum atomic E-state index is 11.2. The molecule has 1 radical (unpaired) electrons. The molecule has 0 fully saturated rings. The summed E-state index contributed by atoms with van der Waals surface area (Å²) in [5.41, 5.74) is 0.684. The molecular weight excluding hydrogens is 185 g/mol. The first kappa shape index (κ1) is 10.3. The van der Waals surface area contributed by atoms with Gasteiger partial charge in [0.2, 0.25) is 0 Å². The van der Waals surface area contributed by atoms with Crippen molar-refractivity contribution in [2.45, 2.75) is 6.92 Å². The zero-order valence-electron chi connectivity index (χ0n) is 7.40. The van der Waals surface area contributed by atoms with Gasteiger partial charge in [0, 0.05) is 6.54 Å². The minimum absolute atomic E-state index is 0.408. The quantitative estimate of drug-likeness (QED) is 0.682. The van der Waals surface area contributed by atoms with Crippen LogP contribution >= 0.6 is 0 Å². The summed E-state index contributed by atoms with van der Waals surface area (Å²) in [6.45, 7) is 3.37. The van der Waals surface area contributed by atoms with Crippen molar-refractivity contribution in [1.29, 1.82) is 0 Å². The van der Waals surface area contributed by atoms with E-state index in [1.807, 2.05) is 6.07 Å². The highest BCUT2D eigenvalue weighted by atomic mass is 32.2. The molecule has 0 amide bonds. The molecule has 0 unspecified atom stereocenters. The summed E-state index contributed by atoms with van der Waals surface area (Å²) >= 11 is 0. The monoisotopic (exact) mass is 196 g/mol. The van der Waals surface area contributed by atoms with Gasteiger partial charge in [-0.1, -0.05) is 42.7 Å². The van der Waals surface area contributed by atoms with Crippen LogP contribution in [0.2, 0.25) is 0 Å². The van der Waals surface area contributed by atoms with Crippen LogP contribution in [0.4, 0.5) is 0 Å². The van der Waals surface area contributed by atoms with Crippen LogP contribution in [0.1, 0.15) is 6.92 Å². The number of nitrogens with one attached hydrogen (secondary N) is 1. The van der Waals surface area contributed by atoms with Gasteiger partial charge < -0.3 is 0 Å². The van der Waals surface area contributed by atoms with Gasteiger partial charge in [-0.3, -0.25) is 0 Å². The Morgan fingerprint density at radius 3 is 2.46 bits per heavy atom. The lowest BCUT2D eigenvalue weighted by molar-refractivity contribution is 0.598. The summed E-state index contributed by atoms with van der Waals surface area (Å²) in [5.74, 6) is 0. The zero-order valence-corrected chi connectivity index (χ0v) is 8.21. The molecule has 1 aromatic carbocycles. The maximum Gasteiger partial charge on any atom is 0.337 e. The Morgan fingerprint density at radius 2 is 1.92 bits per heavy atom. The topological polar surface area (TPSA) is 46.2 Å². The highest BCUT2D eigenvalue weighted by Crippen LogP contribution is 1.85. The fourth-order valence-electron chi connectivity index (χ4n) is 0.954. The van der Waals surface area contributed by atoms with Crippen LogP contribution < -0.4 is 10.2 Å². The van der Waals surface area contributed by atoms with Gasteiger partial charge in [0.1, 0.15) is 0 Å². The van der Waals surface area contributed by atoms with E-state index < -0.39 is 9.87 Å². The molecule has 0 aliphatic carbocycles. The van der Waals surface area contributed by atoms with Gasteiger partial charge in [0.25, 0.3) is 0 Å². The molecule has 1 aromatic rings. The van der Waals surface area contributed by atoms with Gasteiger partial charge in [0.05, 0.1) is 0 Å². The van der Waals surface area contributed by atoms with Crippen LogP contribution in [0.25, 0.3) is 0 Å². The summed E-state index contributed by atoms with van der Waals surface area (Å²) in [6, 6.07) is 8.93. The van der Waals surface area contributed by atoms with Crippen LogP contribution in [-0.4, -0.2) is 21.5 Å². The smallest absolute Gasteiger partial charge is 0.226 e. The third-order valence-electron chi connectivity index (χ3n) is 1.44. The van der Waals surface area contributed by atoms with Crippen LogP contribution in [-0.2, 0) is 9.87 Å². The molecule has 0 spiro atoms. The lowest BCUT2D eigenvalue weighted by atomic mass is 9.95. The first-order chi connectivity index (χ1) is 6.14. The highest BCUT2D eigenvalue weighted by molar-refractivity contribution is 8.14. The Morgan fingerprint density at radius 1 is 1.31 bits per heavy atom. The van der Waals surface area contributed by atoms with E-state index in [1.165, 1.54) is 6.56 Å². The first-order valence-electron chi connectivity index (χ1n) is 4.03. The van der Waals surface area contributed by atoms with E-state index in [0.29, 0.717) is 12.0 Å². The van der Waals surface area contributed by atoms with Gasteiger partial charge >= 0.3 is 6.56 Å². The number of hydrogen-bond donors (Lipinski definition) is 1. The largest absolute Gasteiger partial charge is 0.337 e. The third-order valence-corrected chi connectivity index (χ3v) is 2.71. The molecule has 1 N–H and O–H groups in total. The van der Waals surface area contributed by atoms with Crippen LogP contribution in [0.5, 0.6) is 0 Å². The molecule has 0 aliphatic rings. The molecule has 3 nitrogen and oxygen atoms in total. The van der Waals surface area contributed by atoms with Crippen molar-refractivity contribution in [3.05, 3.63) is 30.3 Å². The molecule has 1 rings (SSSR count). The molecule has 0 bridgehead atoms. The minimum atomic E-state index is -3.26. The molecule has 13 heavy (non-hydrogen) atoms. The van der Waals surface area contributed by atoms with Crippen molar-refractivity contribution in [1.82, 2.24) is 4.72 Å². The van der Waals surface area contributed by atoms with Gasteiger partial charge in [-0.2, -0.15) is 0 Å². The summed E-state index contributed by atoms with van der Waals surface area (Å²) in [4.78, 5) is 0. The summed E-state index contributed by atoms with van der Waals surface area (Å²) in [5, 5.41) is 0. The van der Waals surface area contributed by atoms with Crippen molar-refractivity contribution in [2.24, 2.45) is 0 Å². The van der Waals surface area contributed by atoms with Gasteiger partial charge in [0.15, 0.2) is 9.87 Å². The lowest BCUT2D eigenvalue weighted by Gasteiger charge is -2.01. The van der Waals surface area contributed by atoms with Crippen LogP contribution in [0.15, 0.2) is 30.3 Å². The van der Waals surface area contributed by atoms with E-state index in [-0.39, 0.29) is 0 Å². The van der Waals surface area contributed by atoms with Crippen molar-refractivity contribution >= 4 is 21.9 Å². The highest BCUT2D eigenvalue weighted by Gasteiger charge is 2.12. The lowest BCUT2D eigenvalue weighted by Crippen LogP contribution is -2.34. The van der Waals surface area contributed by atoms with Crippen molar-refractivity contribution < 1.29 is 8.42 Å². The SMILES string of the molecule is CCNS(=O)(=O)[B]c1ccccc1. The van der Waals surface area contributed by atoms with E-state index >= 15 is 0 Å². The predicted molar refractivity (Wildman–Crippen MR) is 54.4 cm³/mol. The van der Waals surface area contributed by atoms with Crippen LogP contribution in [0, 0.1) is 0 Å². The number of rotatable bonds is 4.